The number of hydrogen-bond acceptors (Lipinski definition) is 4. The predicted octanol–water partition coefficient (Wildman–Crippen LogP) is 2.10. The third kappa shape index (κ3) is 3.58. The lowest BCUT2D eigenvalue weighted by molar-refractivity contribution is -0.141. The fourth-order valence-corrected chi connectivity index (χ4v) is 1.87. The van der Waals surface area contributed by atoms with Crippen molar-refractivity contribution in [1.82, 2.24) is 10.3 Å². The molecule has 0 bridgehead atoms. The van der Waals surface area contributed by atoms with Crippen LogP contribution in [0, 0.1) is 11.3 Å². The Kier molecular flexibility index (Phi) is 3.90. The summed E-state index contributed by atoms with van der Waals surface area (Å²) < 4.78 is 43.3. The summed E-state index contributed by atoms with van der Waals surface area (Å²) >= 11 is 0. The molecule has 7 heteroatoms. The topological polar surface area (TPSA) is 57.9 Å². The lowest BCUT2D eigenvalue weighted by Crippen LogP contribution is -2.37. The Labute approximate surface area is 108 Å². The fraction of sp³-hybridized carbons (Fsp3) is 0.500. The van der Waals surface area contributed by atoms with Crippen LogP contribution < -0.4 is 10.1 Å². The van der Waals surface area contributed by atoms with Crippen molar-refractivity contribution in [3.63, 3.8) is 0 Å². The van der Waals surface area contributed by atoms with Gasteiger partial charge in [-0.3, -0.25) is 0 Å². The zero-order valence-electron chi connectivity index (χ0n) is 10.00. The number of rotatable bonds is 2. The van der Waals surface area contributed by atoms with Crippen molar-refractivity contribution < 1.29 is 17.9 Å². The highest BCUT2D eigenvalue weighted by atomic mass is 19.4. The fourth-order valence-electron chi connectivity index (χ4n) is 1.87. The van der Waals surface area contributed by atoms with E-state index >= 15 is 0 Å². The first-order chi connectivity index (χ1) is 8.99. The van der Waals surface area contributed by atoms with Crippen LogP contribution in [-0.4, -0.2) is 24.2 Å². The molecule has 0 radical (unpaired) electrons. The van der Waals surface area contributed by atoms with Crippen LogP contribution in [0.3, 0.4) is 0 Å². The second kappa shape index (κ2) is 5.45. The zero-order chi connectivity index (χ0) is 13.9. The summed E-state index contributed by atoms with van der Waals surface area (Å²) in [6.45, 7) is 1.44. The van der Waals surface area contributed by atoms with Crippen LogP contribution >= 0.6 is 0 Å². The summed E-state index contributed by atoms with van der Waals surface area (Å²) in [6, 6.07) is 3.62. The van der Waals surface area contributed by atoms with Gasteiger partial charge in [0.2, 0.25) is 5.88 Å². The maximum atomic E-state index is 12.6. The van der Waals surface area contributed by atoms with Gasteiger partial charge in [0.05, 0.1) is 11.6 Å². The second-order valence-corrected chi connectivity index (χ2v) is 4.28. The van der Waals surface area contributed by atoms with E-state index in [4.69, 9.17) is 10.00 Å². The van der Waals surface area contributed by atoms with E-state index in [-0.39, 0.29) is 17.5 Å². The van der Waals surface area contributed by atoms with Crippen LogP contribution in [0.15, 0.2) is 12.1 Å². The third-order valence-corrected chi connectivity index (χ3v) is 2.76. The first kappa shape index (κ1) is 13.6. The minimum absolute atomic E-state index is 0.110. The number of nitrogens with one attached hydrogen (secondary N) is 1. The van der Waals surface area contributed by atoms with E-state index in [1.807, 2.05) is 0 Å². The lowest BCUT2D eigenvalue weighted by Gasteiger charge is -2.23. The molecule has 1 aromatic rings. The average molecular weight is 271 g/mol. The van der Waals surface area contributed by atoms with Crippen LogP contribution in [0.5, 0.6) is 5.88 Å². The van der Waals surface area contributed by atoms with Gasteiger partial charge in [0.25, 0.3) is 0 Å². The Bertz CT molecular complexity index is 490. The standard InChI is InChI=1S/C12H12F3N3O/c13-12(14,15)10-4-8(6-16)5-11(18-10)19-9-2-1-3-17-7-9/h4-5,9,17H,1-3,7H2. The molecule has 0 aliphatic carbocycles. The Morgan fingerprint density at radius 2 is 2.21 bits per heavy atom. The number of aromatic nitrogens is 1. The summed E-state index contributed by atoms with van der Waals surface area (Å²) in [4.78, 5) is 3.42. The van der Waals surface area contributed by atoms with E-state index < -0.39 is 11.9 Å². The SMILES string of the molecule is N#Cc1cc(OC2CCCNC2)nc(C(F)(F)F)c1. The summed E-state index contributed by atoms with van der Waals surface area (Å²) in [7, 11) is 0. The minimum Gasteiger partial charge on any atom is -0.473 e. The van der Waals surface area contributed by atoms with Crippen molar-refractivity contribution in [2.75, 3.05) is 13.1 Å². The van der Waals surface area contributed by atoms with Crippen LogP contribution in [-0.2, 0) is 6.18 Å². The Morgan fingerprint density at radius 3 is 2.79 bits per heavy atom. The van der Waals surface area contributed by atoms with E-state index in [2.05, 4.69) is 10.3 Å². The molecule has 0 aromatic carbocycles. The average Bonchev–Trinajstić information content (AvgIpc) is 2.38. The van der Waals surface area contributed by atoms with Crippen LogP contribution in [0.1, 0.15) is 24.1 Å². The van der Waals surface area contributed by atoms with Crippen LogP contribution in [0.25, 0.3) is 0 Å². The largest absolute Gasteiger partial charge is 0.473 e. The number of pyridine rings is 1. The molecule has 1 N–H and O–H groups in total. The molecular formula is C12H12F3N3O. The van der Waals surface area contributed by atoms with Crippen molar-refractivity contribution >= 4 is 0 Å². The van der Waals surface area contributed by atoms with E-state index in [0.717, 1.165) is 19.4 Å². The van der Waals surface area contributed by atoms with Gasteiger partial charge in [-0.25, -0.2) is 4.98 Å². The summed E-state index contributed by atoms with van der Waals surface area (Å²) in [5, 5.41) is 11.8. The molecule has 1 fully saturated rings. The molecule has 19 heavy (non-hydrogen) atoms. The highest BCUT2D eigenvalue weighted by Crippen LogP contribution is 2.30. The molecule has 1 aliphatic rings. The quantitative estimate of drug-likeness (QED) is 0.895. The van der Waals surface area contributed by atoms with Gasteiger partial charge in [0.15, 0.2) is 0 Å². The van der Waals surface area contributed by atoms with E-state index in [9.17, 15) is 13.2 Å². The van der Waals surface area contributed by atoms with Gasteiger partial charge in [-0.05, 0) is 25.5 Å². The molecule has 1 unspecified atom stereocenters. The van der Waals surface area contributed by atoms with Gasteiger partial charge < -0.3 is 10.1 Å². The van der Waals surface area contributed by atoms with Crippen molar-refractivity contribution in [2.24, 2.45) is 0 Å². The zero-order valence-corrected chi connectivity index (χ0v) is 10.00. The molecule has 0 saturated carbocycles. The van der Waals surface area contributed by atoms with Gasteiger partial charge in [0.1, 0.15) is 11.8 Å². The maximum Gasteiger partial charge on any atom is 0.433 e. The maximum absolute atomic E-state index is 12.6. The van der Waals surface area contributed by atoms with Crippen molar-refractivity contribution in [2.45, 2.75) is 25.1 Å². The molecule has 4 nitrogen and oxygen atoms in total. The molecule has 1 aromatic heterocycles. The number of alkyl halides is 3. The van der Waals surface area contributed by atoms with Crippen molar-refractivity contribution in [3.05, 3.63) is 23.4 Å². The molecule has 1 aliphatic heterocycles. The Morgan fingerprint density at radius 1 is 1.42 bits per heavy atom. The molecule has 102 valence electrons. The Hall–Kier alpha value is -1.81. The van der Waals surface area contributed by atoms with Crippen LogP contribution in [0.4, 0.5) is 13.2 Å². The summed E-state index contributed by atoms with van der Waals surface area (Å²) in [6.07, 6.45) is -3.14. The second-order valence-electron chi connectivity index (χ2n) is 4.28. The number of nitriles is 1. The van der Waals surface area contributed by atoms with Gasteiger partial charge in [0, 0.05) is 12.6 Å². The number of ether oxygens (including phenoxy) is 1. The van der Waals surface area contributed by atoms with Gasteiger partial charge in [-0.15, -0.1) is 0 Å². The van der Waals surface area contributed by atoms with Crippen LogP contribution in [0.2, 0.25) is 0 Å². The first-order valence-corrected chi connectivity index (χ1v) is 5.86. The number of halogens is 3. The van der Waals surface area contributed by atoms with E-state index in [1.165, 1.54) is 6.07 Å². The van der Waals surface area contributed by atoms with Crippen molar-refractivity contribution in [1.29, 1.82) is 5.26 Å². The minimum atomic E-state index is -4.59. The third-order valence-electron chi connectivity index (χ3n) is 2.76. The van der Waals surface area contributed by atoms with E-state index in [0.29, 0.717) is 12.6 Å². The molecule has 0 amide bonds. The molecule has 1 saturated heterocycles. The summed E-state index contributed by atoms with van der Waals surface area (Å²) in [5.41, 5.74) is -1.22. The molecular weight excluding hydrogens is 259 g/mol. The molecule has 0 spiro atoms. The highest BCUT2D eigenvalue weighted by molar-refractivity contribution is 5.35. The van der Waals surface area contributed by atoms with Gasteiger partial charge in [-0.2, -0.15) is 18.4 Å². The molecule has 1 atom stereocenters. The number of piperidine rings is 1. The Balaban J connectivity index is 2.22. The van der Waals surface area contributed by atoms with Gasteiger partial charge in [-0.1, -0.05) is 0 Å². The number of nitrogens with zero attached hydrogens (tertiary/aromatic N) is 2. The molecule has 2 rings (SSSR count). The summed E-state index contributed by atoms with van der Waals surface area (Å²) in [5.74, 6) is -0.153. The van der Waals surface area contributed by atoms with E-state index in [1.54, 1.807) is 6.07 Å². The predicted molar refractivity (Wildman–Crippen MR) is 60.5 cm³/mol. The highest BCUT2D eigenvalue weighted by Gasteiger charge is 2.33. The molecule has 2 heterocycles. The monoisotopic (exact) mass is 271 g/mol. The van der Waals surface area contributed by atoms with Gasteiger partial charge >= 0.3 is 6.18 Å². The smallest absolute Gasteiger partial charge is 0.433 e. The first-order valence-electron chi connectivity index (χ1n) is 5.86. The lowest BCUT2D eigenvalue weighted by atomic mass is 10.1. The normalized spacial score (nSPS) is 19.8. The van der Waals surface area contributed by atoms with Crippen molar-refractivity contribution in [3.8, 4) is 11.9 Å². The number of hydrogen-bond donors (Lipinski definition) is 1.